The lowest BCUT2D eigenvalue weighted by Gasteiger charge is -2.26. The molecule has 0 saturated carbocycles. The highest BCUT2D eigenvalue weighted by Gasteiger charge is 2.30. The van der Waals surface area contributed by atoms with Crippen molar-refractivity contribution in [2.24, 2.45) is 0 Å². The van der Waals surface area contributed by atoms with E-state index in [1.165, 1.54) is 37.3 Å². The van der Waals surface area contributed by atoms with E-state index in [0.29, 0.717) is 17.7 Å². The van der Waals surface area contributed by atoms with Gasteiger partial charge in [0.2, 0.25) is 11.8 Å². The summed E-state index contributed by atoms with van der Waals surface area (Å²) < 4.78 is 0.894. The lowest BCUT2D eigenvalue weighted by Crippen LogP contribution is -2.46. The second-order valence-electron chi connectivity index (χ2n) is 9.01. The average molecular weight is 626 g/mol. The van der Waals surface area contributed by atoms with Crippen LogP contribution in [-0.2, 0) is 38.6 Å². The van der Waals surface area contributed by atoms with Crippen LogP contribution in [0.4, 0.5) is 11.4 Å². The molecule has 214 valence electrons. The van der Waals surface area contributed by atoms with Crippen LogP contribution >= 0.6 is 15.9 Å². The Kier molecular flexibility index (Phi) is 10.9. The number of aliphatic hydroxyl groups is 1. The molecule has 0 aliphatic rings. The number of halogens is 1. The van der Waals surface area contributed by atoms with Crippen molar-refractivity contribution in [1.82, 2.24) is 10.6 Å². The molecule has 0 aliphatic carbocycles. The van der Waals surface area contributed by atoms with Gasteiger partial charge in [0.1, 0.15) is 0 Å². The third-order valence-electron chi connectivity index (χ3n) is 6.05. The van der Waals surface area contributed by atoms with Crippen LogP contribution in [0.5, 0.6) is 0 Å². The highest BCUT2D eigenvalue weighted by molar-refractivity contribution is 9.10. The van der Waals surface area contributed by atoms with Gasteiger partial charge in [-0.3, -0.25) is 24.6 Å². The maximum absolute atomic E-state index is 12.9. The number of carboxylic acids is 2. The number of aliphatic hydroxyl groups excluding tert-OH is 1. The highest BCUT2D eigenvalue weighted by atomic mass is 79.9. The van der Waals surface area contributed by atoms with Crippen LogP contribution in [0.15, 0.2) is 71.2 Å². The molecule has 3 aromatic rings. The molecule has 0 unspecified atom stereocenters. The Morgan fingerprint density at radius 1 is 0.902 bits per heavy atom. The number of aliphatic carboxylic acids is 1. The standard InChI is InChI=1S/C29H28BrN3O8/c1-17(35)32-26(36)23(31-16-18-6-9-21(30)10-7-18)15-19-8-11-24(20(14-19)12-13-34)33(27(37)29(40)41)25-5-3-2-4-22(25)28(38)39/h2-11,14,23,31,34H,12-13,15-16H2,1H3,(H,38,39)(H,40,41)(H,32,35,36)/t23-/m0/s1. The topological polar surface area (TPSA) is 173 Å². The fraction of sp³-hybridized carbons (Fsp3) is 0.207. The first kappa shape index (κ1) is 31.1. The second-order valence-corrected chi connectivity index (χ2v) is 9.93. The van der Waals surface area contributed by atoms with E-state index in [0.717, 1.165) is 14.9 Å². The van der Waals surface area contributed by atoms with Gasteiger partial charge in [-0.1, -0.05) is 52.3 Å². The van der Waals surface area contributed by atoms with E-state index in [1.807, 2.05) is 24.3 Å². The van der Waals surface area contributed by atoms with Gasteiger partial charge in [-0.15, -0.1) is 0 Å². The minimum Gasteiger partial charge on any atom is -0.478 e. The van der Waals surface area contributed by atoms with Gasteiger partial charge >= 0.3 is 17.8 Å². The summed E-state index contributed by atoms with van der Waals surface area (Å²) in [6, 6.07) is 16.7. The Morgan fingerprint density at radius 3 is 2.17 bits per heavy atom. The summed E-state index contributed by atoms with van der Waals surface area (Å²) in [6.45, 7) is 1.18. The van der Waals surface area contributed by atoms with Crippen molar-refractivity contribution in [1.29, 1.82) is 0 Å². The number of amides is 3. The molecule has 5 N–H and O–H groups in total. The quantitative estimate of drug-likeness (QED) is 0.201. The van der Waals surface area contributed by atoms with E-state index < -0.39 is 35.7 Å². The SMILES string of the molecule is CC(=O)NC(=O)[C@H](Cc1ccc(N(C(=O)C(=O)O)c2ccccc2C(=O)O)c(CCO)c1)NCc1ccc(Br)cc1. The molecule has 0 fully saturated rings. The van der Waals surface area contributed by atoms with Crippen LogP contribution in [-0.4, -0.2) is 57.6 Å². The Balaban J connectivity index is 2.01. The van der Waals surface area contributed by atoms with Crippen LogP contribution in [0.1, 0.15) is 34.0 Å². The molecule has 0 saturated heterocycles. The molecule has 0 bridgehead atoms. The lowest BCUT2D eigenvalue weighted by molar-refractivity contribution is -0.148. The van der Waals surface area contributed by atoms with Gasteiger partial charge in [-0.25, -0.2) is 9.59 Å². The van der Waals surface area contributed by atoms with Gasteiger partial charge in [0.05, 0.1) is 23.0 Å². The first-order chi connectivity index (χ1) is 19.5. The van der Waals surface area contributed by atoms with Crippen molar-refractivity contribution >= 4 is 57.0 Å². The molecule has 1 atom stereocenters. The fourth-order valence-corrected chi connectivity index (χ4v) is 4.46. The summed E-state index contributed by atoms with van der Waals surface area (Å²) in [5.74, 6) is -5.63. The molecule has 12 heteroatoms. The monoisotopic (exact) mass is 625 g/mol. The predicted octanol–water partition coefficient (Wildman–Crippen LogP) is 2.80. The number of hydrogen-bond acceptors (Lipinski definition) is 7. The van der Waals surface area contributed by atoms with E-state index in [4.69, 9.17) is 0 Å². The second kappa shape index (κ2) is 14.3. The summed E-state index contributed by atoms with van der Waals surface area (Å²) in [7, 11) is 0. The van der Waals surface area contributed by atoms with Crippen molar-refractivity contribution < 1.29 is 39.3 Å². The molecular formula is C29H28BrN3O8. The number of carboxylic acid groups (broad SMARTS) is 2. The van der Waals surface area contributed by atoms with E-state index in [1.54, 1.807) is 12.1 Å². The van der Waals surface area contributed by atoms with Gasteiger partial charge < -0.3 is 20.6 Å². The number of benzene rings is 3. The van der Waals surface area contributed by atoms with Crippen LogP contribution in [0.3, 0.4) is 0 Å². The molecule has 0 heterocycles. The Hall–Kier alpha value is -4.39. The molecule has 0 aliphatic heterocycles. The zero-order valence-corrected chi connectivity index (χ0v) is 23.6. The number of para-hydroxylation sites is 1. The molecule has 0 spiro atoms. The number of hydrogen-bond donors (Lipinski definition) is 5. The normalized spacial score (nSPS) is 11.4. The van der Waals surface area contributed by atoms with Crippen molar-refractivity contribution in [3.63, 3.8) is 0 Å². The minimum absolute atomic E-state index is 0.00155. The number of carbonyl (C=O) groups excluding carboxylic acids is 3. The Labute approximate surface area is 243 Å². The number of carbonyl (C=O) groups is 5. The van der Waals surface area contributed by atoms with Gasteiger partial charge in [0.25, 0.3) is 0 Å². The van der Waals surface area contributed by atoms with Crippen molar-refractivity contribution in [2.75, 3.05) is 11.5 Å². The summed E-state index contributed by atoms with van der Waals surface area (Å²) in [5, 5.41) is 34.4. The third-order valence-corrected chi connectivity index (χ3v) is 6.58. The number of nitrogens with one attached hydrogen (secondary N) is 2. The van der Waals surface area contributed by atoms with Crippen LogP contribution in [0.25, 0.3) is 0 Å². The van der Waals surface area contributed by atoms with E-state index >= 15 is 0 Å². The zero-order chi connectivity index (χ0) is 30.1. The van der Waals surface area contributed by atoms with Gasteiger partial charge in [0.15, 0.2) is 0 Å². The van der Waals surface area contributed by atoms with E-state index in [9.17, 15) is 39.3 Å². The number of rotatable bonds is 11. The molecule has 3 amide bonds. The molecule has 3 aromatic carbocycles. The van der Waals surface area contributed by atoms with Gasteiger partial charge in [-0.2, -0.15) is 0 Å². The number of imide groups is 1. The first-order valence-corrected chi connectivity index (χ1v) is 13.2. The average Bonchev–Trinajstić information content (AvgIpc) is 2.93. The van der Waals surface area contributed by atoms with E-state index in [-0.39, 0.29) is 36.4 Å². The molecule has 0 aromatic heterocycles. The fourth-order valence-electron chi connectivity index (χ4n) is 4.20. The van der Waals surface area contributed by atoms with Crippen molar-refractivity contribution in [3.05, 3.63) is 93.5 Å². The number of nitrogens with zero attached hydrogens (tertiary/aromatic N) is 1. The predicted molar refractivity (Wildman–Crippen MR) is 153 cm³/mol. The minimum atomic E-state index is -1.80. The summed E-state index contributed by atoms with van der Waals surface area (Å²) >= 11 is 3.37. The molecule has 3 rings (SSSR count). The third kappa shape index (κ3) is 8.30. The van der Waals surface area contributed by atoms with Crippen LogP contribution < -0.4 is 15.5 Å². The van der Waals surface area contributed by atoms with Gasteiger partial charge in [-0.05, 0) is 59.9 Å². The van der Waals surface area contributed by atoms with Crippen LogP contribution in [0.2, 0.25) is 0 Å². The molecule has 0 radical (unpaired) electrons. The first-order valence-electron chi connectivity index (χ1n) is 12.4. The molecule has 11 nitrogen and oxygen atoms in total. The van der Waals surface area contributed by atoms with Crippen LogP contribution in [0, 0.1) is 0 Å². The smallest absolute Gasteiger partial charge is 0.395 e. The zero-order valence-electron chi connectivity index (χ0n) is 22.0. The van der Waals surface area contributed by atoms with E-state index in [2.05, 4.69) is 26.6 Å². The number of aromatic carboxylic acids is 1. The maximum atomic E-state index is 12.9. The van der Waals surface area contributed by atoms with Crippen molar-refractivity contribution in [2.45, 2.75) is 32.4 Å². The molecular weight excluding hydrogens is 598 g/mol. The molecule has 41 heavy (non-hydrogen) atoms. The largest absolute Gasteiger partial charge is 0.478 e. The summed E-state index contributed by atoms with van der Waals surface area (Å²) in [6.07, 6.45) is 0.103. The highest BCUT2D eigenvalue weighted by Crippen LogP contribution is 2.33. The van der Waals surface area contributed by atoms with Crippen molar-refractivity contribution in [3.8, 4) is 0 Å². The summed E-state index contributed by atoms with van der Waals surface area (Å²) in [5.41, 5.74) is 1.44. The number of anilines is 2. The maximum Gasteiger partial charge on any atom is 0.395 e. The Morgan fingerprint density at radius 2 is 1.56 bits per heavy atom. The Bertz CT molecular complexity index is 1460. The lowest BCUT2D eigenvalue weighted by atomic mass is 9.98. The van der Waals surface area contributed by atoms with Gasteiger partial charge in [0, 0.05) is 24.5 Å². The summed E-state index contributed by atoms with van der Waals surface area (Å²) in [4.78, 5) is 61.7.